The smallest absolute Gasteiger partial charge is 0.316 e. The molecule has 4 heteroatoms. The highest BCUT2D eigenvalue weighted by Gasteiger charge is 2.36. The maximum Gasteiger partial charge on any atom is 0.386 e. The SMILES string of the molecule is C/C=C/CC[C@H]1CC[C@H](c2ccc(C(F)(F)OCCc3ccc([C@H]4CC[C@H](CC)CC4)cc3)c(F)c2)CC1. The van der Waals surface area contributed by atoms with Crippen LogP contribution in [0.2, 0.25) is 0 Å². The Morgan fingerprint density at radius 1 is 0.842 bits per heavy atom. The highest BCUT2D eigenvalue weighted by atomic mass is 19.3. The topological polar surface area (TPSA) is 9.23 Å². The average Bonchev–Trinajstić information content (AvgIpc) is 2.94. The fourth-order valence-electron chi connectivity index (χ4n) is 6.54. The third-order valence-electron chi connectivity index (χ3n) is 9.15. The van der Waals surface area contributed by atoms with E-state index >= 15 is 0 Å². The molecule has 2 fully saturated rings. The number of alkyl halides is 2. The Bertz CT molecular complexity index is 1010. The molecule has 2 aliphatic carbocycles. The highest BCUT2D eigenvalue weighted by Crippen LogP contribution is 2.40. The molecule has 38 heavy (non-hydrogen) atoms. The van der Waals surface area contributed by atoms with Gasteiger partial charge in [0.15, 0.2) is 0 Å². The van der Waals surface area contributed by atoms with Crippen molar-refractivity contribution in [1.82, 2.24) is 0 Å². The zero-order valence-electron chi connectivity index (χ0n) is 23.2. The van der Waals surface area contributed by atoms with Crippen molar-refractivity contribution in [2.75, 3.05) is 6.61 Å². The lowest BCUT2D eigenvalue weighted by Crippen LogP contribution is -2.22. The summed E-state index contributed by atoms with van der Waals surface area (Å²) in [5.41, 5.74) is 2.47. The number of rotatable bonds is 11. The van der Waals surface area contributed by atoms with Crippen LogP contribution < -0.4 is 0 Å². The molecule has 0 N–H and O–H groups in total. The van der Waals surface area contributed by atoms with Gasteiger partial charge in [-0.25, -0.2) is 4.39 Å². The van der Waals surface area contributed by atoms with Crippen LogP contribution in [0, 0.1) is 17.7 Å². The van der Waals surface area contributed by atoms with Crippen molar-refractivity contribution < 1.29 is 17.9 Å². The monoisotopic (exact) mass is 526 g/mol. The fourth-order valence-corrected chi connectivity index (χ4v) is 6.54. The van der Waals surface area contributed by atoms with Gasteiger partial charge in [-0.1, -0.05) is 55.8 Å². The number of benzene rings is 2. The summed E-state index contributed by atoms with van der Waals surface area (Å²) < 4.78 is 49.4. The molecule has 0 spiro atoms. The van der Waals surface area contributed by atoms with E-state index in [-0.39, 0.29) is 12.5 Å². The maximum atomic E-state index is 14.8. The Balaban J connectivity index is 1.25. The van der Waals surface area contributed by atoms with Crippen molar-refractivity contribution in [2.24, 2.45) is 11.8 Å². The fraction of sp³-hybridized carbons (Fsp3) is 0.588. The van der Waals surface area contributed by atoms with Gasteiger partial charge >= 0.3 is 6.11 Å². The second-order valence-corrected chi connectivity index (χ2v) is 11.6. The third kappa shape index (κ3) is 7.74. The van der Waals surface area contributed by atoms with Crippen molar-refractivity contribution in [3.8, 4) is 0 Å². The van der Waals surface area contributed by atoms with Crippen molar-refractivity contribution in [3.05, 3.63) is 82.7 Å². The minimum Gasteiger partial charge on any atom is -0.316 e. The van der Waals surface area contributed by atoms with E-state index in [1.165, 1.54) is 56.2 Å². The lowest BCUT2D eigenvalue weighted by Gasteiger charge is -2.29. The van der Waals surface area contributed by atoms with Crippen molar-refractivity contribution in [1.29, 1.82) is 0 Å². The summed E-state index contributed by atoms with van der Waals surface area (Å²) in [6.07, 6.45) is 13.8. The van der Waals surface area contributed by atoms with Crippen LogP contribution in [-0.4, -0.2) is 6.61 Å². The van der Waals surface area contributed by atoms with Crippen molar-refractivity contribution in [3.63, 3.8) is 0 Å². The van der Waals surface area contributed by atoms with E-state index < -0.39 is 17.5 Å². The van der Waals surface area contributed by atoms with E-state index in [9.17, 15) is 13.2 Å². The summed E-state index contributed by atoms with van der Waals surface area (Å²) in [6, 6.07) is 12.5. The molecule has 4 rings (SSSR count). The van der Waals surface area contributed by atoms with Gasteiger partial charge in [0.1, 0.15) is 5.82 Å². The number of halogens is 3. The Morgan fingerprint density at radius 2 is 1.45 bits per heavy atom. The predicted octanol–water partition coefficient (Wildman–Crippen LogP) is 10.4. The molecule has 0 radical (unpaired) electrons. The van der Waals surface area contributed by atoms with Crippen molar-refractivity contribution >= 4 is 0 Å². The maximum absolute atomic E-state index is 14.8. The lowest BCUT2D eigenvalue weighted by molar-refractivity contribution is -0.249. The minimum absolute atomic E-state index is 0.160. The molecule has 0 amide bonds. The molecule has 2 aromatic rings. The zero-order valence-corrected chi connectivity index (χ0v) is 23.2. The van der Waals surface area contributed by atoms with Crippen molar-refractivity contribution in [2.45, 2.75) is 109 Å². The van der Waals surface area contributed by atoms with E-state index in [1.54, 1.807) is 6.07 Å². The Labute approximate surface area is 227 Å². The van der Waals surface area contributed by atoms with E-state index in [0.29, 0.717) is 18.3 Å². The summed E-state index contributed by atoms with van der Waals surface area (Å²) in [5, 5.41) is 0. The van der Waals surface area contributed by atoms with Gasteiger partial charge < -0.3 is 4.74 Å². The molecule has 0 aromatic heterocycles. The van der Waals surface area contributed by atoms with Gasteiger partial charge in [-0.2, -0.15) is 8.78 Å². The number of allylic oxidation sites excluding steroid dienone is 2. The average molecular weight is 527 g/mol. The van der Waals surface area contributed by atoms with E-state index in [1.807, 2.05) is 19.1 Å². The van der Waals surface area contributed by atoms with Crippen LogP contribution in [0.15, 0.2) is 54.6 Å². The van der Waals surface area contributed by atoms with E-state index in [4.69, 9.17) is 4.74 Å². The van der Waals surface area contributed by atoms with Crippen LogP contribution >= 0.6 is 0 Å². The molecule has 0 heterocycles. The molecule has 0 aliphatic heterocycles. The second kappa shape index (κ2) is 13.8. The quantitative estimate of drug-likeness (QED) is 0.265. The van der Waals surface area contributed by atoms with Gasteiger partial charge in [0.25, 0.3) is 0 Å². The first-order valence-corrected chi connectivity index (χ1v) is 14.9. The molecule has 2 aliphatic rings. The molecule has 0 saturated heterocycles. The molecule has 2 saturated carbocycles. The predicted molar refractivity (Wildman–Crippen MR) is 150 cm³/mol. The number of hydrogen-bond acceptors (Lipinski definition) is 1. The van der Waals surface area contributed by atoms with Crippen LogP contribution in [0.4, 0.5) is 13.2 Å². The second-order valence-electron chi connectivity index (χ2n) is 11.6. The highest BCUT2D eigenvalue weighted by molar-refractivity contribution is 5.29. The van der Waals surface area contributed by atoms with E-state index in [0.717, 1.165) is 49.1 Å². The number of hydrogen-bond donors (Lipinski definition) is 0. The van der Waals surface area contributed by atoms with Gasteiger partial charge in [-0.3, -0.25) is 0 Å². The minimum atomic E-state index is -3.65. The van der Waals surface area contributed by atoms with Gasteiger partial charge in [-0.05, 0) is 130 Å². The molecule has 2 aromatic carbocycles. The first-order valence-electron chi connectivity index (χ1n) is 14.9. The first-order chi connectivity index (χ1) is 18.4. The van der Waals surface area contributed by atoms with Gasteiger partial charge in [-0.15, -0.1) is 0 Å². The van der Waals surface area contributed by atoms with Gasteiger partial charge in [0.05, 0.1) is 12.2 Å². The molecular formula is C34H45F3O. The largest absolute Gasteiger partial charge is 0.386 e. The molecule has 1 nitrogen and oxygen atoms in total. The van der Waals surface area contributed by atoms with Crippen LogP contribution in [0.25, 0.3) is 0 Å². The molecule has 0 atom stereocenters. The summed E-state index contributed by atoms with van der Waals surface area (Å²) in [6.45, 7) is 4.15. The van der Waals surface area contributed by atoms with Gasteiger partial charge in [0.2, 0.25) is 0 Å². The van der Waals surface area contributed by atoms with E-state index in [2.05, 4.69) is 31.2 Å². The van der Waals surface area contributed by atoms with Crippen LogP contribution in [-0.2, 0) is 17.3 Å². The van der Waals surface area contributed by atoms with Gasteiger partial charge in [0, 0.05) is 0 Å². The zero-order chi connectivity index (χ0) is 27.0. The lowest BCUT2D eigenvalue weighted by atomic mass is 9.77. The Kier molecular flexibility index (Phi) is 10.5. The summed E-state index contributed by atoms with van der Waals surface area (Å²) in [5.74, 6) is 1.56. The summed E-state index contributed by atoms with van der Waals surface area (Å²) in [4.78, 5) is 0. The van der Waals surface area contributed by atoms with Crippen LogP contribution in [0.1, 0.15) is 119 Å². The Morgan fingerprint density at radius 3 is 2.05 bits per heavy atom. The standard InChI is InChI=1S/C34H45F3O/c1-3-5-6-7-26-10-18-30(19-11-26)31-20-21-32(33(35)24-31)34(36,37)38-23-22-27-12-16-29(17-13-27)28-14-8-25(4-2)9-15-28/h3,5,12-13,16-17,20-21,24-26,28,30H,4,6-11,14-15,18-19,22-23H2,1-2H3/b5-3+/t25-,26-,28-,30-. The Hall–Kier alpha value is -2.07. The summed E-state index contributed by atoms with van der Waals surface area (Å²) in [7, 11) is 0. The number of ether oxygens (including phenoxy) is 1. The molecular weight excluding hydrogens is 481 g/mol. The molecule has 0 unspecified atom stereocenters. The van der Waals surface area contributed by atoms with Crippen LogP contribution in [0.3, 0.4) is 0 Å². The third-order valence-corrected chi connectivity index (χ3v) is 9.15. The molecule has 208 valence electrons. The summed E-state index contributed by atoms with van der Waals surface area (Å²) >= 11 is 0. The molecule has 0 bridgehead atoms. The van der Waals surface area contributed by atoms with Crippen LogP contribution in [0.5, 0.6) is 0 Å². The normalized spacial score (nSPS) is 24.7. The first kappa shape index (κ1) is 28.9.